The van der Waals surface area contributed by atoms with E-state index in [4.69, 9.17) is 4.12 Å². The van der Waals surface area contributed by atoms with E-state index in [2.05, 4.69) is 88.1 Å². The first-order valence-corrected chi connectivity index (χ1v) is 16.1. The summed E-state index contributed by atoms with van der Waals surface area (Å²) in [6.07, 6.45) is 1.31. The maximum Gasteiger partial charge on any atom is 0.173 e. The van der Waals surface area contributed by atoms with Crippen LogP contribution in [0.15, 0.2) is 0 Å². The Morgan fingerprint density at radius 2 is 1.26 bits per heavy atom. The van der Waals surface area contributed by atoms with Crippen LogP contribution in [0.5, 0.6) is 0 Å². The van der Waals surface area contributed by atoms with E-state index in [0.717, 1.165) is 17.8 Å². The zero-order valence-electron chi connectivity index (χ0n) is 18.6. The first kappa shape index (κ1) is 23.4. The van der Waals surface area contributed by atoms with Crippen LogP contribution in [0.4, 0.5) is 0 Å². The Morgan fingerprint density at radius 3 is 1.57 bits per heavy atom. The molecular formula is C20H46OSi2. The van der Waals surface area contributed by atoms with Gasteiger partial charge in [-0.2, -0.15) is 0 Å². The van der Waals surface area contributed by atoms with Gasteiger partial charge in [-0.05, 0) is 73.8 Å². The standard InChI is InChI=1S/C20H46OSi2/c1-16(17(2)20(6,7)8)18(14-19(3,4)5)15-23(12,13)21-22(9,10)11/h16-18H,14-15H2,1-13H3. The highest BCUT2D eigenvalue weighted by atomic mass is 28.4. The van der Waals surface area contributed by atoms with Crippen LogP contribution in [0.25, 0.3) is 0 Å². The van der Waals surface area contributed by atoms with Gasteiger partial charge in [0.15, 0.2) is 16.6 Å². The first-order chi connectivity index (χ1) is 9.84. The smallest absolute Gasteiger partial charge is 0.173 e. The van der Waals surface area contributed by atoms with E-state index >= 15 is 0 Å². The van der Waals surface area contributed by atoms with Gasteiger partial charge in [0.2, 0.25) is 0 Å². The van der Waals surface area contributed by atoms with Gasteiger partial charge in [0, 0.05) is 0 Å². The van der Waals surface area contributed by atoms with E-state index in [-0.39, 0.29) is 0 Å². The summed E-state index contributed by atoms with van der Waals surface area (Å²) in [5.74, 6) is 2.24. The molecule has 0 aliphatic carbocycles. The molecule has 0 N–H and O–H groups in total. The maximum absolute atomic E-state index is 6.66. The largest absolute Gasteiger partial charge is 0.456 e. The van der Waals surface area contributed by atoms with Crippen molar-refractivity contribution in [1.82, 2.24) is 0 Å². The lowest BCUT2D eigenvalue weighted by Crippen LogP contribution is -2.45. The highest BCUT2D eigenvalue weighted by Crippen LogP contribution is 2.43. The Balaban J connectivity index is 5.31. The molecule has 0 fully saturated rings. The Kier molecular flexibility index (Phi) is 7.87. The molecule has 3 unspecified atom stereocenters. The van der Waals surface area contributed by atoms with E-state index in [9.17, 15) is 0 Å². The fourth-order valence-electron chi connectivity index (χ4n) is 3.93. The summed E-state index contributed by atoms with van der Waals surface area (Å²) in [6.45, 7) is 31.2. The molecule has 0 spiro atoms. The van der Waals surface area contributed by atoms with Gasteiger partial charge in [-0.15, -0.1) is 0 Å². The molecule has 0 bridgehead atoms. The monoisotopic (exact) mass is 358 g/mol. The van der Waals surface area contributed by atoms with Crippen LogP contribution in [-0.2, 0) is 4.12 Å². The van der Waals surface area contributed by atoms with Gasteiger partial charge in [0.05, 0.1) is 0 Å². The van der Waals surface area contributed by atoms with E-state index < -0.39 is 16.6 Å². The molecule has 0 saturated carbocycles. The van der Waals surface area contributed by atoms with E-state index in [1.165, 1.54) is 12.5 Å². The van der Waals surface area contributed by atoms with Crippen molar-refractivity contribution in [2.24, 2.45) is 28.6 Å². The molecule has 0 aliphatic rings. The molecule has 0 rings (SSSR count). The zero-order chi connectivity index (χ0) is 18.9. The first-order valence-electron chi connectivity index (χ1n) is 9.54. The molecule has 0 aromatic rings. The van der Waals surface area contributed by atoms with Crippen LogP contribution in [0, 0.1) is 28.6 Å². The minimum Gasteiger partial charge on any atom is -0.456 e. The maximum atomic E-state index is 6.66. The second kappa shape index (κ2) is 7.74. The van der Waals surface area contributed by atoms with E-state index in [1.807, 2.05) is 0 Å². The molecule has 0 aliphatic heterocycles. The summed E-state index contributed by atoms with van der Waals surface area (Å²) in [7, 11) is -3.06. The Hall–Kier alpha value is 0.394. The zero-order valence-corrected chi connectivity index (χ0v) is 20.6. The van der Waals surface area contributed by atoms with Crippen LogP contribution in [0.3, 0.4) is 0 Å². The number of hydrogen-bond acceptors (Lipinski definition) is 1. The molecule has 0 aromatic carbocycles. The third-order valence-electron chi connectivity index (χ3n) is 5.11. The van der Waals surface area contributed by atoms with Crippen molar-refractivity contribution < 1.29 is 4.12 Å². The molecular weight excluding hydrogens is 312 g/mol. The average Bonchev–Trinajstić information content (AvgIpc) is 2.18. The normalized spacial score (nSPS) is 18.7. The number of hydrogen-bond donors (Lipinski definition) is 0. The molecule has 0 amide bonds. The van der Waals surface area contributed by atoms with Crippen molar-refractivity contribution in [3.63, 3.8) is 0 Å². The summed E-state index contributed by atoms with van der Waals surface area (Å²) in [4.78, 5) is 0. The fourth-order valence-corrected chi connectivity index (χ4v) is 12.7. The van der Waals surface area contributed by atoms with Gasteiger partial charge in [0.1, 0.15) is 0 Å². The molecule has 3 heteroatoms. The van der Waals surface area contributed by atoms with Crippen molar-refractivity contribution in [2.45, 2.75) is 101 Å². The van der Waals surface area contributed by atoms with Crippen LogP contribution in [0.1, 0.15) is 61.8 Å². The van der Waals surface area contributed by atoms with Gasteiger partial charge < -0.3 is 4.12 Å². The van der Waals surface area contributed by atoms with Crippen molar-refractivity contribution in [1.29, 1.82) is 0 Å². The predicted octanol–water partition coefficient (Wildman–Crippen LogP) is 7.41. The van der Waals surface area contributed by atoms with Crippen molar-refractivity contribution in [3.05, 3.63) is 0 Å². The highest BCUT2D eigenvalue weighted by Gasteiger charge is 2.38. The topological polar surface area (TPSA) is 9.23 Å². The summed E-state index contributed by atoms with van der Waals surface area (Å²) in [6, 6.07) is 1.30. The third-order valence-corrected chi connectivity index (χ3v) is 11.3. The van der Waals surface area contributed by atoms with Crippen LogP contribution in [0.2, 0.25) is 38.8 Å². The van der Waals surface area contributed by atoms with E-state index in [1.54, 1.807) is 0 Å². The molecule has 0 radical (unpaired) electrons. The second-order valence-corrected chi connectivity index (χ2v) is 20.7. The Bertz CT molecular complexity index is 355. The van der Waals surface area contributed by atoms with Gasteiger partial charge in [-0.1, -0.05) is 55.4 Å². The minimum atomic E-state index is -1.61. The lowest BCUT2D eigenvalue weighted by molar-refractivity contribution is 0.119. The minimum absolute atomic E-state index is 0.376. The Labute approximate surface area is 150 Å². The van der Waals surface area contributed by atoms with Crippen LogP contribution < -0.4 is 0 Å². The lowest BCUT2D eigenvalue weighted by Gasteiger charge is -2.42. The molecule has 3 atom stereocenters. The third kappa shape index (κ3) is 10.1. The molecule has 1 nitrogen and oxygen atoms in total. The number of rotatable bonds is 7. The molecule has 0 heterocycles. The highest BCUT2D eigenvalue weighted by molar-refractivity contribution is 6.84. The molecule has 0 aromatic heterocycles. The van der Waals surface area contributed by atoms with E-state index in [0.29, 0.717) is 10.8 Å². The van der Waals surface area contributed by atoms with Gasteiger partial charge >= 0.3 is 0 Å². The summed E-state index contributed by atoms with van der Waals surface area (Å²) < 4.78 is 6.66. The second-order valence-electron chi connectivity index (χ2n) is 11.7. The molecule has 140 valence electrons. The predicted molar refractivity (Wildman–Crippen MR) is 112 cm³/mol. The van der Waals surface area contributed by atoms with Crippen LogP contribution >= 0.6 is 0 Å². The summed E-state index contributed by atoms with van der Waals surface area (Å²) in [5, 5.41) is 0. The summed E-state index contributed by atoms with van der Waals surface area (Å²) >= 11 is 0. The molecule has 0 saturated heterocycles. The molecule has 23 heavy (non-hydrogen) atoms. The SMILES string of the molecule is CC(C(CC(C)(C)C)C[Si](C)(C)O[Si](C)(C)C)C(C)C(C)(C)C. The van der Waals surface area contributed by atoms with Gasteiger partial charge in [0.25, 0.3) is 0 Å². The lowest BCUT2D eigenvalue weighted by atomic mass is 9.68. The summed E-state index contributed by atoms with van der Waals surface area (Å²) in [5.41, 5.74) is 0.765. The Morgan fingerprint density at radius 1 is 0.826 bits per heavy atom. The van der Waals surface area contributed by atoms with Gasteiger partial charge in [-0.3, -0.25) is 0 Å². The quantitative estimate of drug-likeness (QED) is 0.430. The van der Waals surface area contributed by atoms with Crippen molar-refractivity contribution in [2.75, 3.05) is 0 Å². The van der Waals surface area contributed by atoms with Crippen LogP contribution in [-0.4, -0.2) is 16.6 Å². The fraction of sp³-hybridized carbons (Fsp3) is 1.00. The van der Waals surface area contributed by atoms with Crippen molar-refractivity contribution in [3.8, 4) is 0 Å². The average molecular weight is 359 g/mol. The van der Waals surface area contributed by atoms with Gasteiger partial charge in [-0.25, -0.2) is 0 Å². The van der Waals surface area contributed by atoms with Crippen molar-refractivity contribution >= 4 is 16.6 Å².